The van der Waals surface area contributed by atoms with Crippen LogP contribution in [0.4, 0.5) is 11.4 Å². The molecule has 1 rings (SSSR count). The van der Waals surface area contributed by atoms with Crippen molar-refractivity contribution in [1.29, 1.82) is 0 Å². The lowest BCUT2D eigenvalue weighted by Gasteiger charge is -2.14. The van der Waals surface area contributed by atoms with Crippen LogP contribution >= 0.6 is 0 Å². The number of nitrogen functional groups attached to an aromatic ring is 1. The summed E-state index contributed by atoms with van der Waals surface area (Å²) in [6, 6.07) is 3.93. The largest absolute Gasteiger partial charge is 0.393 e. The number of ether oxygens (including phenoxy) is 1. The van der Waals surface area contributed by atoms with Crippen LogP contribution in [0.2, 0.25) is 0 Å². The van der Waals surface area contributed by atoms with Gasteiger partial charge < -0.3 is 15.8 Å². The van der Waals surface area contributed by atoms with E-state index >= 15 is 0 Å². The van der Waals surface area contributed by atoms with Crippen LogP contribution in [0.3, 0.4) is 0 Å². The number of rotatable bonds is 6. The summed E-state index contributed by atoms with van der Waals surface area (Å²) < 4.78 is 5.17. The smallest absolute Gasteiger partial charge is 0.292 e. The number of anilines is 1. The van der Waals surface area contributed by atoms with Crippen LogP contribution in [0, 0.1) is 10.1 Å². The van der Waals surface area contributed by atoms with Gasteiger partial charge in [-0.2, -0.15) is 0 Å². The van der Waals surface area contributed by atoms with Gasteiger partial charge in [0.25, 0.3) is 11.6 Å². The summed E-state index contributed by atoms with van der Waals surface area (Å²) in [6.45, 7) is 4.56. The Labute approximate surface area is 110 Å². The quantitative estimate of drug-likeness (QED) is 0.459. The van der Waals surface area contributed by atoms with Gasteiger partial charge in [-0.15, -0.1) is 0 Å². The predicted octanol–water partition coefficient (Wildman–Crippen LogP) is 1.33. The van der Waals surface area contributed by atoms with Gasteiger partial charge in [0.15, 0.2) is 0 Å². The number of nitrogens with two attached hydrogens (primary N) is 1. The minimum absolute atomic E-state index is 0.0950. The van der Waals surface area contributed by atoms with E-state index in [9.17, 15) is 14.9 Å². The Morgan fingerprint density at radius 3 is 2.84 bits per heavy atom. The molecule has 1 unspecified atom stereocenters. The molecule has 1 amide bonds. The SMILES string of the molecule is CCOCC(C)NC(=O)c1cccc([N+](=O)[O-])c1N. The van der Waals surface area contributed by atoms with Gasteiger partial charge >= 0.3 is 0 Å². The molecule has 0 saturated heterocycles. The number of hydrogen-bond acceptors (Lipinski definition) is 5. The van der Waals surface area contributed by atoms with Crippen LogP contribution in [0.5, 0.6) is 0 Å². The molecular weight excluding hydrogens is 250 g/mol. The number of nitro groups is 1. The Hall–Kier alpha value is -2.15. The number of nitrogens with zero attached hydrogens (tertiary/aromatic N) is 1. The van der Waals surface area contributed by atoms with Gasteiger partial charge in [0, 0.05) is 18.7 Å². The Morgan fingerprint density at radius 1 is 1.58 bits per heavy atom. The topological polar surface area (TPSA) is 107 Å². The normalized spacial score (nSPS) is 11.9. The predicted molar refractivity (Wildman–Crippen MR) is 70.9 cm³/mol. The van der Waals surface area contributed by atoms with E-state index in [0.29, 0.717) is 13.2 Å². The second-order valence-electron chi connectivity index (χ2n) is 4.03. The number of para-hydroxylation sites is 1. The zero-order chi connectivity index (χ0) is 14.4. The molecule has 0 aliphatic heterocycles. The van der Waals surface area contributed by atoms with Crippen LogP contribution in [0.1, 0.15) is 24.2 Å². The molecule has 7 heteroatoms. The van der Waals surface area contributed by atoms with E-state index in [-0.39, 0.29) is 23.0 Å². The van der Waals surface area contributed by atoms with E-state index < -0.39 is 10.8 Å². The lowest BCUT2D eigenvalue weighted by atomic mass is 10.1. The molecule has 0 aliphatic rings. The zero-order valence-corrected chi connectivity index (χ0v) is 10.9. The first-order valence-corrected chi connectivity index (χ1v) is 5.88. The zero-order valence-electron chi connectivity index (χ0n) is 10.9. The summed E-state index contributed by atoms with van der Waals surface area (Å²) in [4.78, 5) is 22.1. The molecule has 0 spiro atoms. The first-order chi connectivity index (χ1) is 8.97. The van der Waals surface area contributed by atoms with Crippen molar-refractivity contribution < 1.29 is 14.5 Å². The van der Waals surface area contributed by atoms with E-state index in [1.165, 1.54) is 18.2 Å². The summed E-state index contributed by atoms with van der Waals surface area (Å²) in [5.74, 6) is -0.451. The highest BCUT2D eigenvalue weighted by Crippen LogP contribution is 2.24. The summed E-state index contributed by atoms with van der Waals surface area (Å²) in [6.07, 6.45) is 0. The van der Waals surface area contributed by atoms with Crippen molar-refractivity contribution >= 4 is 17.3 Å². The molecule has 19 heavy (non-hydrogen) atoms. The van der Waals surface area contributed by atoms with E-state index in [2.05, 4.69) is 5.32 Å². The molecule has 1 aromatic rings. The third-order valence-corrected chi connectivity index (χ3v) is 2.47. The average molecular weight is 267 g/mol. The Balaban J connectivity index is 2.83. The van der Waals surface area contributed by atoms with Crippen LogP contribution in [-0.2, 0) is 4.74 Å². The fraction of sp³-hybridized carbons (Fsp3) is 0.417. The summed E-state index contributed by atoms with van der Waals surface area (Å²) >= 11 is 0. The average Bonchev–Trinajstić information content (AvgIpc) is 2.36. The maximum Gasteiger partial charge on any atom is 0.292 e. The maximum absolute atomic E-state index is 11.9. The molecule has 0 bridgehead atoms. The van der Waals surface area contributed by atoms with Gasteiger partial charge in [-0.1, -0.05) is 6.07 Å². The molecular formula is C12H17N3O4. The molecule has 0 radical (unpaired) electrons. The van der Waals surface area contributed by atoms with Crippen molar-refractivity contribution in [3.63, 3.8) is 0 Å². The highest BCUT2D eigenvalue weighted by atomic mass is 16.6. The first-order valence-electron chi connectivity index (χ1n) is 5.88. The van der Waals surface area contributed by atoms with Crippen molar-refractivity contribution in [1.82, 2.24) is 5.32 Å². The number of carbonyl (C=O) groups is 1. The highest BCUT2D eigenvalue weighted by Gasteiger charge is 2.19. The van der Waals surface area contributed by atoms with E-state index in [1.807, 2.05) is 6.92 Å². The Morgan fingerprint density at radius 2 is 2.26 bits per heavy atom. The lowest BCUT2D eigenvalue weighted by molar-refractivity contribution is -0.383. The molecule has 0 aliphatic carbocycles. The second-order valence-corrected chi connectivity index (χ2v) is 4.03. The van der Waals surface area contributed by atoms with Crippen LogP contribution < -0.4 is 11.1 Å². The molecule has 1 atom stereocenters. The molecule has 7 nitrogen and oxygen atoms in total. The van der Waals surface area contributed by atoms with Crippen molar-refractivity contribution in [3.05, 3.63) is 33.9 Å². The van der Waals surface area contributed by atoms with Crippen molar-refractivity contribution in [2.75, 3.05) is 18.9 Å². The number of hydrogen-bond donors (Lipinski definition) is 2. The number of nitrogens with one attached hydrogen (secondary N) is 1. The van der Waals surface area contributed by atoms with E-state index in [4.69, 9.17) is 10.5 Å². The highest BCUT2D eigenvalue weighted by molar-refractivity contribution is 6.01. The summed E-state index contributed by atoms with van der Waals surface area (Å²) in [5.41, 5.74) is 5.32. The third-order valence-electron chi connectivity index (χ3n) is 2.47. The van der Waals surface area contributed by atoms with Gasteiger partial charge in [0.1, 0.15) is 5.69 Å². The second kappa shape index (κ2) is 6.69. The maximum atomic E-state index is 11.9. The van der Waals surface area contributed by atoms with E-state index in [0.717, 1.165) is 0 Å². The van der Waals surface area contributed by atoms with Gasteiger partial charge in [-0.25, -0.2) is 0 Å². The third kappa shape index (κ3) is 3.92. The Bertz CT molecular complexity index is 476. The molecule has 0 heterocycles. The van der Waals surface area contributed by atoms with Crippen molar-refractivity contribution in [2.24, 2.45) is 0 Å². The fourth-order valence-corrected chi connectivity index (χ4v) is 1.55. The van der Waals surface area contributed by atoms with Gasteiger partial charge in [-0.3, -0.25) is 14.9 Å². The molecule has 0 fully saturated rings. The molecule has 3 N–H and O–H groups in total. The molecule has 0 saturated carbocycles. The fourth-order valence-electron chi connectivity index (χ4n) is 1.55. The Kier molecular flexibility index (Phi) is 5.25. The van der Waals surface area contributed by atoms with Gasteiger partial charge in [-0.05, 0) is 19.9 Å². The first kappa shape index (κ1) is 14.9. The minimum atomic E-state index is -0.615. The standard InChI is InChI=1S/C12H17N3O4/c1-3-19-7-8(2)14-12(16)9-5-4-6-10(11(9)13)15(17)18/h4-6,8H,3,7,13H2,1-2H3,(H,14,16). The van der Waals surface area contributed by atoms with Crippen LogP contribution in [0.15, 0.2) is 18.2 Å². The van der Waals surface area contributed by atoms with Crippen LogP contribution in [-0.4, -0.2) is 30.1 Å². The monoisotopic (exact) mass is 267 g/mol. The number of carbonyl (C=O) groups excluding carboxylic acids is 1. The summed E-state index contributed by atoms with van der Waals surface area (Å²) in [7, 11) is 0. The van der Waals surface area contributed by atoms with Gasteiger partial charge in [0.2, 0.25) is 0 Å². The number of nitro benzene ring substituents is 1. The number of benzene rings is 1. The number of amides is 1. The van der Waals surface area contributed by atoms with Crippen molar-refractivity contribution in [3.8, 4) is 0 Å². The van der Waals surface area contributed by atoms with E-state index in [1.54, 1.807) is 6.92 Å². The summed E-state index contributed by atoms with van der Waals surface area (Å²) in [5, 5.41) is 13.4. The van der Waals surface area contributed by atoms with Crippen LogP contribution in [0.25, 0.3) is 0 Å². The molecule has 104 valence electrons. The van der Waals surface area contributed by atoms with Crippen molar-refractivity contribution in [2.45, 2.75) is 19.9 Å². The molecule has 0 aromatic heterocycles. The lowest BCUT2D eigenvalue weighted by Crippen LogP contribution is -2.36. The van der Waals surface area contributed by atoms with Gasteiger partial charge in [0.05, 0.1) is 17.1 Å². The molecule has 1 aromatic carbocycles. The minimum Gasteiger partial charge on any atom is -0.393 e.